The number of hydrogen-bond acceptors (Lipinski definition) is 4. The Labute approximate surface area is 184 Å². The number of para-hydroxylation sites is 1. The molecule has 1 heterocycles. The van der Waals surface area contributed by atoms with Crippen LogP contribution in [0.1, 0.15) is 0 Å². The Morgan fingerprint density at radius 3 is 2.07 bits per heavy atom. The van der Waals surface area contributed by atoms with Crippen LogP contribution in [0, 0.1) is 0 Å². The van der Waals surface area contributed by atoms with Crippen LogP contribution >= 0.6 is 24.0 Å². The number of piperazine rings is 1. The molecular formula is C19H31IN6O2. The van der Waals surface area contributed by atoms with Gasteiger partial charge in [0, 0.05) is 60.1 Å². The van der Waals surface area contributed by atoms with Crippen LogP contribution in [0.2, 0.25) is 0 Å². The molecule has 2 amide bonds. The second kappa shape index (κ2) is 11.7. The predicted octanol–water partition coefficient (Wildman–Crippen LogP) is 0.549. The molecule has 0 unspecified atom stereocenters. The van der Waals surface area contributed by atoms with Gasteiger partial charge in [0.2, 0.25) is 11.8 Å². The fraction of sp³-hybridized carbons (Fsp3) is 0.526. The minimum absolute atomic E-state index is 0. The third-order valence-corrected chi connectivity index (χ3v) is 4.46. The Kier molecular flexibility index (Phi) is 10.0. The topological polar surface area (TPSA) is 71.5 Å². The molecule has 0 atom stereocenters. The van der Waals surface area contributed by atoms with Gasteiger partial charge in [-0.1, -0.05) is 18.2 Å². The van der Waals surface area contributed by atoms with Crippen LogP contribution in [-0.2, 0) is 9.59 Å². The van der Waals surface area contributed by atoms with Gasteiger partial charge in [-0.2, -0.15) is 0 Å². The van der Waals surface area contributed by atoms with Crippen LogP contribution in [-0.4, -0.2) is 99.9 Å². The van der Waals surface area contributed by atoms with Gasteiger partial charge in [0.1, 0.15) is 6.54 Å². The Balaban J connectivity index is 0.00000392. The molecule has 1 aliphatic rings. The zero-order valence-corrected chi connectivity index (χ0v) is 19.4. The molecule has 156 valence electrons. The van der Waals surface area contributed by atoms with Crippen LogP contribution in [0.3, 0.4) is 0 Å². The second-order valence-electron chi connectivity index (χ2n) is 6.88. The first-order chi connectivity index (χ1) is 12.9. The van der Waals surface area contributed by atoms with Gasteiger partial charge >= 0.3 is 0 Å². The van der Waals surface area contributed by atoms with Crippen molar-refractivity contribution in [2.24, 2.45) is 4.99 Å². The maximum Gasteiger partial charge on any atom is 0.243 e. The number of guanidine groups is 1. The smallest absolute Gasteiger partial charge is 0.243 e. The van der Waals surface area contributed by atoms with Crippen LogP contribution in [0.5, 0.6) is 0 Å². The molecule has 0 radical (unpaired) electrons. The number of aliphatic imine (C=N–C) groups is 1. The second-order valence-corrected chi connectivity index (χ2v) is 6.88. The summed E-state index contributed by atoms with van der Waals surface area (Å²) >= 11 is 0. The van der Waals surface area contributed by atoms with Crippen molar-refractivity contribution in [3.8, 4) is 0 Å². The van der Waals surface area contributed by atoms with Crippen LogP contribution in [0.15, 0.2) is 35.3 Å². The molecule has 0 saturated carbocycles. The highest BCUT2D eigenvalue weighted by atomic mass is 127. The van der Waals surface area contributed by atoms with Gasteiger partial charge in [0.25, 0.3) is 0 Å². The average Bonchev–Trinajstić information content (AvgIpc) is 2.68. The van der Waals surface area contributed by atoms with E-state index in [2.05, 4.69) is 32.2 Å². The summed E-state index contributed by atoms with van der Waals surface area (Å²) < 4.78 is 0. The van der Waals surface area contributed by atoms with E-state index in [1.54, 1.807) is 28.2 Å². The summed E-state index contributed by atoms with van der Waals surface area (Å²) in [5.74, 6) is 0.494. The quantitative estimate of drug-likeness (QED) is 0.362. The summed E-state index contributed by atoms with van der Waals surface area (Å²) in [6.07, 6.45) is 0. The molecular weight excluding hydrogens is 471 g/mol. The zero-order chi connectivity index (χ0) is 19.8. The molecule has 0 bridgehead atoms. The third kappa shape index (κ3) is 7.17. The fourth-order valence-electron chi connectivity index (χ4n) is 2.68. The number of carbonyl (C=O) groups excluding carboxylic acids is 2. The number of halogens is 1. The molecule has 9 heteroatoms. The molecule has 1 aromatic rings. The zero-order valence-electron chi connectivity index (χ0n) is 17.1. The lowest BCUT2D eigenvalue weighted by atomic mass is 10.2. The number of benzene rings is 1. The molecule has 1 fully saturated rings. The van der Waals surface area contributed by atoms with Crippen molar-refractivity contribution >= 4 is 47.4 Å². The summed E-state index contributed by atoms with van der Waals surface area (Å²) in [5, 5.41) is 3.11. The van der Waals surface area contributed by atoms with Gasteiger partial charge in [-0.15, -0.1) is 24.0 Å². The summed E-state index contributed by atoms with van der Waals surface area (Å²) in [7, 11) is 6.85. The van der Waals surface area contributed by atoms with E-state index in [0.717, 1.165) is 26.2 Å². The molecule has 0 spiro atoms. The average molecular weight is 502 g/mol. The predicted molar refractivity (Wildman–Crippen MR) is 123 cm³/mol. The van der Waals surface area contributed by atoms with Gasteiger partial charge < -0.3 is 24.9 Å². The van der Waals surface area contributed by atoms with Crippen molar-refractivity contribution in [3.63, 3.8) is 0 Å². The lowest BCUT2D eigenvalue weighted by Crippen LogP contribution is -2.54. The van der Waals surface area contributed by atoms with Crippen LogP contribution in [0.4, 0.5) is 5.69 Å². The van der Waals surface area contributed by atoms with E-state index >= 15 is 0 Å². The molecule has 8 nitrogen and oxygen atoms in total. The normalized spacial score (nSPS) is 14.2. The maximum atomic E-state index is 11.9. The van der Waals surface area contributed by atoms with E-state index < -0.39 is 0 Å². The SMILES string of the molecule is CN(C)C(=O)CN=C(NCC(=O)N(C)C)N1CCN(c2ccccc2)CC1.I. The third-order valence-electron chi connectivity index (χ3n) is 4.46. The number of nitrogens with zero attached hydrogens (tertiary/aromatic N) is 5. The Morgan fingerprint density at radius 1 is 0.964 bits per heavy atom. The largest absolute Gasteiger partial charge is 0.368 e. The minimum atomic E-state index is -0.0730. The van der Waals surface area contributed by atoms with E-state index in [0.29, 0.717) is 5.96 Å². The van der Waals surface area contributed by atoms with Gasteiger partial charge in [-0.25, -0.2) is 4.99 Å². The number of rotatable bonds is 5. The number of amides is 2. The van der Waals surface area contributed by atoms with Crippen LogP contribution in [0.25, 0.3) is 0 Å². The molecule has 0 aliphatic carbocycles. The number of anilines is 1. The summed E-state index contributed by atoms with van der Waals surface area (Å²) in [5.41, 5.74) is 1.20. The molecule has 1 aliphatic heterocycles. The highest BCUT2D eigenvalue weighted by molar-refractivity contribution is 14.0. The first kappa shape index (κ1) is 24.0. The van der Waals surface area contributed by atoms with Crippen molar-refractivity contribution < 1.29 is 9.59 Å². The number of nitrogens with one attached hydrogen (secondary N) is 1. The standard InChI is InChI=1S/C19H30N6O2.HI/c1-22(2)17(26)14-20-19(21-15-18(27)23(3)4)25-12-10-24(11-13-25)16-8-6-5-7-9-16;/h5-9H,10-15H2,1-4H3,(H,20,21);1H. The Morgan fingerprint density at radius 2 is 1.54 bits per heavy atom. The molecule has 1 aromatic carbocycles. The summed E-state index contributed by atoms with van der Waals surface area (Å²) in [6, 6.07) is 10.3. The maximum absolute atomic E-state index is 11.9. The van der Waals surface area contributed by atoms with Crippen molar-refractivity contribution in [3.05, 3.63) is 30.3 Å². The van der Waals surface area contributed by atoms with Gasteiger partial charge in [0.05, 0.1) is 6.54 Å². The van der Waals surface area contributed by atoms with E-state index in [9.17, 15) is 9.59 Å². The van der Waals surface area contributed by atoms with Gasteiger partial charge in [0.15, 0.2) is 5.96 Å². The Hall–Kier alpha value is -2.04. The number of likely N-dealkylation sites (N-methyl/N-ethyl adjacent to an activating group) is 2. The highest BCUT2D eigenvalue weighted by Gasteiger charge is 2.21. The molecule has 28 heavy (non-hydrogen) atoms. The fourth-order valence-corrected chi connectivity index (χ4v) is 2.68. The van der Waals surface area contributed by atoms with Crippen molar-refractivity contribution in [2.45, 2.75) is 0 Å². The van der Waals surface area contributed by atoms with E-state index in [1.807, 2.05) is 18.2 Å². The summed E-state index contributed by atoms with van der Waals surface area (Å²) in [4.78, 5) is 35.7. The molecule has 2 rings (SSSR count). The first-order valence-corrected chi connectivity index (χ1v) is 9.12. The van der Waals surface area contributed by atoms with Gasteiger partial charge in [-0.05, 0) is 12.1 Å². The van der Waals surface area contributed by atoms with Gasteiger partial charge in [-0.3, -0.25) is 9.59 Å². The molecule has 1 saturated heterocycles. The monoisotopic (exact) mass is 502 g/mol. The van der Waals surface area contributed by atoms with Crippen LogP contribution < -0.4 is 10.2 Å². The molecule has 1 N–H and O–H groups in total. The highest BCUT2D eigenvalue weighted by Crippen LogP contribution is 2.15. The van der Waals surface area contributed by atoms with Crippen molar-refractivity contribution in [2.75, 3.05) is 72.4 Å². The minimum Gasteiger partial charge on any atom is -0.368 e. The van der Waals surface area contributed by atoms with E-state index in [4.69, 9.17) is 0 Å². The van der Waals surface area contributed by atoms with Crippen molar-refractivity contribution in [1.29, 1.82) is 0 Å². The molecule has 0 aromatic heterocycles. The number of carbonyl (C=O) groups is 2. The number of hydrogen-bond donors (Lipinski definition) is 1. The van der Waals surface area contributed by atoms with Crippen molar-refractivity contribution in [1.82, 2.24) is 20.0 Å². The van der Waals surface area contributed by atoms with E-state index in [-0.39, 0.29) is 48.9 Å². The lowest BCUT2D eigenvalue weighted by molar-refractivity contribution is -0.127. The Bertz CT molecular complexity index is 658. The first-order valence-electron chi connectivity index (χ1n) is 9.12. The lowest BCUT2D eigenvalue weighted by Gasteiger charge is -2.37. The van der Waals surface area contributed by atoms with E-state index in [1.165, 1.54) is 15.5 Å². The summed E-state index contributed by atoms with van der Waals surface area (Å²) in [6.45, 7) is 3.47.